The third-order valence-corrected chi connectivity index (χ3v) is 4.22. The highest BCUT2D eigenvalue weighted by Gasteiger charge is 2.36. The van der Waals surface area contributed by atoms with E-state index in [1.165, 1.54) is 0 Å². The van der Waals surface area contributed by atoms with Crippen molar-refractivity contribution in [3.05, 3.63) is 0 Å². The van der Waals surface area contributed by atoms with E-state index in [1.807, 2.05) is 0 Å². The summed E-state index contributed by atoms with van der Waals surface area (Å²) < 4.78 is 5.27. The van der Waals surface area contributed by atoms with Gasteiger partial charge in [0.2, 0.25) is 5.91 Å². The average molecular weight is 285 g/mol. The summed E-state index contributed by atoms with van der Waals surface area (Å²) in [5.74, 6) is -0.0175. The number of hydrogen-bond acceptors (Lipinski definition) is 4. The van der Waals surface area contributed by atoms with E-state index in [2.05, 4.69) is 31.0 Å². The summed E-state index contributed by atoms with van der Waals surface area (Å²) >= 11 is 0. The predicted molar refractivity (Wildman–Crippen MR) is 81.6 cm³/mol. The van der Waals surface area contributed by atoms with Gasteiger partial charge < -0.3 is 20.7 Å². The molecule has 118 valence electrons. The smallest absolute Gasteiger partial charge is 0.240 e. The molecule has 5 nitrogen and oxygen atoms in total. The summed E-state index contributed by atoms with van der Waals surface area (Å²) in [5.41, 5.74) is 5.44. The average Bonchev–Trinajstić information content (AvgIpc) is 2.44. The Labute approximate surface area is 123 Å². The van der Waals surface area contributed by atoms with Gasteiger partial charge in [0.05, 0.1) is 5.54 Å². The number of rotatable bonds is 8. The Kier molecular flexibility index (Phi) is 7.48. The molecule has 1 rings (SSSR count). The molecule has 0 saturated carbocycles. The summed E-state index contributed by atoms with van der Waals surface area (Å²) in [6, 6.07) is 0.182. The first-order chi connectivity index (χ1) is 9.51. The zero-order chi connectivity index (χ0) is 15.0. The predicted octanol–water partition coefficient (Wildman–Crippen LogP) is 1.12. The molecule has 0 bridgehead atoms. The quantitative estimate of drug-likeness (QED) is 0.701. The Balaban J connectivity index is 2.27. The molecule has 1 atom stereocenters. The van der Waals surface area contributed by atoms with Crippen LogP contribution in [0.2, 0.25) is 0 Å². The minimum atomic E-state index is -0.731. The summed E-state index contributed by atoms with van der Waals surface area (Å²) in [7, 11) is 0. The van der Waals surface area contributed by atoms with Gasteiger partial charge >= 0.3 is 0 Å². The number of nitrogens with two attached hydrogens (primary N) is 1. The number of amides is 1. The van der Waals surface area contributed by atoms with Crippen molar-refractivity contribution in [2.24, 2.45) is 5.73 Å². The van der Waals surface area contributed by atoms with Gasteiger partial charge in [-0.25, -0.2) is 0 Å². The van der Waals surface area contributed by atoms with Crippen LogP contribution in [0.4, 0.5) is 0 Å². The highest BCUT2D eigenvalue weighted by atomic mass is 16.5. The van der Waals surface area contributed by atoms with Crippen molar-refractivity contribution < 1.29 is 9.53 Å². The summed E-state index contributed by atoms with van der Waals surface area (Å²) in [5, 5.41) is 3.06. The second-order valence-corrected chi connectivity index (χ2v) is 5.81. The lowest BCUT2D eigenvalue weighted by molar-refractivity contribution is -0.130. The van der Waals surface area contributed by atoms with E-state index in [0.29, 0.717) is 26.1 Å². The maximum atomic E-state index is 12.2. The molecule has 1 heterocycles. The zero-order valence-corrected chi connectivity index (χ0v) is 13.3. The lowest BCUT2D eigenvalue weighted by atomic mass is 9.90. The van der Waals surface area contributed by atoms with Crippen LogP contribution in [-0.4, -0.2) is 55.2 Å². The van der Waals surface area contributed by atoms with E-state index >= 15 is 0 Å². The Morgan fingerprint density at radius 1 is 1.35 bits per heavy atom. The summed E-state index contributed by atoms with van der Waals surface area (Å²) in [6.45, 7) is 10.8. The molecular formula is C15H31N3O2. The lowest BCUT2D eigenvalue weighted by Gasteiger charge is -2.33. The van der Waals surface area contributed by atoms with Gasteiger partial charge in [-0.3, -0.25) is 4.79 Å². The van der Waals surface area contributed by atoms with E-state index in [4.69, 9.17) is 10.5 Å². The van der Waals surface area contributed by atoms with Gasteiger partial charge in [-0.05, 0) is 52.2 Å². The first-order valence-electron chi connectivity index (χ1n) is 7.91. The van der Waals surface area contributed by atoms with Crippen molar-refractivity contribution in [1.29, 1.82) is 0 Å². The number of carbonyl (C=O) groups excluding carboxylic acids is 1. The first kappa shape index (κ1) is 17.4. The zero-order valence-electron chi connectivity index (χ0n) is 13.3. The highest BCUT2D eigenvalue weighted by molar-refractivity contribution is 5.86. The van der Waals surface area contributed by atoms with Crippen LogP contribution in [0.3, 0.4) is 0 Å². The topological polar surface area (TPSA) is 67.6 Å². The van der Waals surface area contributed by atoms with Crippen LogP contribution in [0.1, 0.15) is 46.5 Å². The van der Waals surface area contributed by atoms with Crippen LogP contribution in [0, 0.1) is 0 Å². The maximum Gasteiger partial charge on any atom is 0.240 e. The van der Waals surface area contributed by atoms with Gasteiger partial charge in [-0.1, -0.05) is 13.8 Å². The molecule has 0 aliphatic carbocycles. The Bertz CT molecular complexity index is 287. The van der Waals surface area contributed by atoms with Crippen LogP contribution in [0.25, 0.3) is 0 Å². The molecule has 1 saturated heterocycles. The van der Waals surface area contributed by atoms with Crippen molar-refractivity contribution >= 4 is 5.91 Å². The number of nitrogens with zero attached hydrogens (tertiary/aromatic N) is 1. The van der Waals surface area contributed by atoms with E-state index in [-0.39, 0.29) is 11.9 Å². The first-order valence-corrected chi connectivity index (χ1v) is 7.91. The molecule has 0 aromatic carbocycles. The molecular weight excluding hydrogens is 254 g/mol. The number of carbonyl (C=O) groups is 1. The SMILES string of the molecule is CCN(CC)CCCC(C)NC(=O)C1(N)CCOCC1. The Hall–Kier alpha value is -0.650. The van der Waals surface area contributed by atoms with Crippen LogP contribution < -0.4 is 11.1 Å². The minimum absolute atomic E-state index is 0.0175. The molecule has 0 spiro atoms. The van der Waals surface area contributed by atoms with Crippen molar-refractivity contribution in [2.75, 3.05) is 32.8 Å². The lowest BCUT2D eigenvalue weighted by Crippen LogP contribution is -2.58. The van der Waals surface area contributed by atoms with Crippen LogP contribution >= 0.6 is 0 Å². The maximum absolute atomic E-state index is 12.2. The molecule has 0 aromatic rings. The minimum Gasteiger partial charge on any atom is -0.381 e. The molecule has 1 fully saturated rings. The van der Waals surface area contributed by atoms with Gasteiger partial charge in [0.25, 0.3) is 0 Å². The standard InChI is InChI=1S/C15H31N3O2/c1-4-18(5-2)10-6-7-13(3)17-14(19)15(16)8-11-20-12-9-15/h13H,4-12,16H2,1-3H3,(H,17,19). The fraction of sp³-hybridized carbons (Fsp3) is 0.933. The fourth-order valence-electron chi connectivity index (χ4n) is 2.56. The Morgan fingerprint density at radius 2 is 1.95 bits per heavy atom. The monoisotopic (exact) mass is 285 g/mol. The second-order valence-electron chi connectivity index (χ2n) is 5.81. The molecule has 1 amide bonds. The fourth-order valence-corrected chi connectivity index (χ4v) is 2.56. The summed E-state index contributed by atoms with van der Waals surface area (Å²) in [6.07, 6.45) is 3.33. The number of hydrogen-bond donors (Lipinski definition) is 2. The molecule has 3 N–H and O–H groups in total. The van der Waals surface area contributed by atoms with Gasteiger partial charge in [-0.15, -0.1) is 0 Å². The van der Waals surface area contributed by atoms with E-state index in [0.717, 1.165) is 32.5 Å². The van der Waals surface area contributed by atoms with Crippen molar-refractivity contribution in [1.82, 2.24) is 10.2 Å². The number of nitrogens with one attached hydrogen (secondary N) is 1. The normalized spacial score (nSPS) is 19.9. The van der Waals surface area contributed by atoms with E-state index in [1.54, 1.807) is 0 Å². The Morgan fingerprint density at radius 3 is 2.50 bits per heavy atom. The van der Waals surface area contributed by atoms with Gasteiger partial charge in [-0.2, -0.15) is 0 Å². The molecule has 1 unspecified atom stereocenters. The highest BCUT2D eigenvalue weighted by Crippen LogP contribution is 2.18. The second kappa shape index (κ2) is 8.60. The van der Waals surface area contributed by atoms with E-state index < -0.39 is 5.54 Å². The van der Waals surface area contributed by atoms with Crippen molar-refractivity contribution in [3.8, 4) is 0 Å². The largest absolute Gasteiger partial charge is 0.381 e. The molecule has 1 aliphatic heterocycles. The van der Waals surface area contributed by atoms with Crippen molar-refractivity contribution in [2.45, 2.75) is 58.0 Å². The van der Waals surface area contributed by atoms with Gasteiger partial charge in [0.1, 0.15) is 0 Å². The molecule has 20 heavy (non-hydrogen) atoms. The van der Waals surface area contributed by atoms with Crippen molar-refractivity contribution in [3.63, 3.8) is 0 Å². The third kappa shape index (κ3) is 5.38. The van der Waals surface area contributed by atoms with Crippen LogP contribution in [0.5, 0.6) is 0 Å². The summed E-state index contributed by atoms with van der Waals surface area (Å²) in [4.78, 5) is 14.6. The molecule has 0 aromatic heterocycles. The van der Waals surface area contributed by atoms with Gasteiger partial charge in [0.15, 0.2) is 0 Å². The molecule has 1 aliphatic rings. The third-order valence-electron chi connectivity index (χ3n) is 4.22. The molecule has 5 heteroatoms. The van der Waals surface area contributed by atoms with Crippen LogP contribution in [0.15, 0.2) is 0 Å². The van der Waals surface area contributed by atoms with Gasteiger partial charge in [0, 0.05) is 19.3 Å². The van der Waals surface area contributed by atoms with Crippen LogP contribution in [-0.2, 0) is 9.53 Å². The molecule has 0 radical (unpaired) electrons. The van der Waals surface area contributed by atoms with E-state index in [9.17, 15) is 4.79 Å². The number of ether oxygens (including phenoxy) is 1.